The zero-order chi connectivity index (χ0) is 13.9. The molecule has 0 aliphatic rings. The number of hydrogen-bond acceptors (Lipinski definition) is 4. The average Bonchev–Trinajstić information content (AvgIpc) is 2.58. The molecule has 0 aliphatic heterocycles. The molecular formula is C12H18N2O3S. The summed E-state index contributed by atoms with van der Waals surface area (Å²) in [5.74, 6) is -1.00. The molecule has 5 nitrogen and oxygen atoms in total. The van der Waals surface area contributed by atoms with Crippen LogP contribution in [0.5, 0.6) is 0 Å². The Hall–Kier alpha value is -1.43. The number of carboxylic acids is 1. The van der Waals surface area contributed by atoms with Crippen molar-refractivity contribution in [1.29, 1.82) is 0 Å². The largest absolute Gasteiger partial charge is 0.480 e. The number of nitrogens with zero attached hydrogens (tertiary/aromatic N) is 1. The van der Waals surface area contributed by atoms with Gasteiger partial charge in [0.25, 0.3) is 5.91 Å². The summed E-state index contributed by atoms with van der Waals surface area (Å²) in [6, 6.07) is -0.896. The Morgan fingerprint density at radius 2 is 2.00 bits per heavy atom. The van der Waals surface area contributed by atoms with Gasteiger partial charge in [0.1, 0.15) is 10.9 Å². The summed E-state index contributed by atoms with van der Waals surface area (Å²) >= 11 is 1.30. The minimum atomic E-state index is -1.05. The summed E-state index contributed by atoms with van der Waals surface area (Å²) in [4.78, 5) is 27.5. The number of carbonyl (C=O) groups is 2. The molecule has 1 aromatic heterocycles. The van der Waals surface area contributed by atoms with Gasteiger partial charge in [-0.15, -0.1) is 11.3 Å². The van der Waals surface area contributed by atoms with E-state index in [0.717, 1.165) is 10.7 Å². The predicted octanol–water partition coefficient (Wildman–Crippen LogP) is 1.85. The van der Waals surface area contributed by atoms with E-state index in [9.17, 15) is 9.59 Å². The molecule has 0 unspecified atom stereocenters. The second-order valence-electron chi connectivity index (χ2n) is 4.64. The lowest BCUT2D eigenvalue weighted by Crippen LogP contribution is -2.38. The van der Waals surface area contributed by atoms with E-state index in [2.05, 4.69) is 24.1 Å². The van der Waals surface area contributed by atoms with Gasteiger partial charge in [-0.25, -0.2) is 4.98 Å². The highest BCUT2D eigenvalue weighted by Crippen LogP contribution is 2.20. The molecule has 1 atom stereocenters. The van der Waals surface area contributed by atoms with Crippen molar-refractivity contribution in [2.75, 3.05) is 0 Å². The van der Waals surface area contributed by atoms with Gasteiger partial charge >= 0.3 is 5.97 Å². The van der Waals surface area contributed by atoms with Crippen molar-refractivity contribution in [3.8, 4) is 0 Å². The Morgan fingerprint density at radius 3 is 2.50 bits per heavy atom. The number of carbonyl (C=O) groups excluding carboxylic acids is 1. The molecular weight excluding hydrogens is 252 g/mol. The van der Waals surface area contributed by atoms with Gasteiger partial charge in [-0.3, -0.25) is 9.59 Å². The van der Waals surface area contributed by atoms with Crippen LogP contribution in [0.3, 0.4) is 0 Å². The van der Waals surface area contributed by atoms with E-state index in [1.165, 1.54) is 18.3 Å². The average molecular weight is 270 g/mol. The molecule has 1 amide bonds. The van der Waals surface area contributed by atoms with E-state index < -0.39 is 12.0 Å². The Balaban J connectivity index is 2.88. The molecule has 18 heavy (non-hydrogen) atoms. The summed E-state index contributed by atoms with van der Waals surface area (Å²) in [6.07, 6.45) is 0.717. The first-order chi connectivity index (χ1) is 8.31. The third kappa shape index (κ3) is 3.80. The number of aliphatic carboxylic acids is 1. The number of aromatic nitrogens is 1. The maximum Gasteiger partial charge on any atom is 0.325 e. The lowest BCUT2D eigenvalue weighted by Gasteiger charge is -2.09. The van der Waals surface area contributed by atoms with E-state index >= 15 is 0 Å². The number of thiazole rings is 1. The number of hydrogen-bond donors (Lipinski definition) is 2. The lowest BCUT2D eigenvalue weighted by atomic mass is 10.1. The maximum absolute atomic E-state index is 12.0. The molecule has 0 fully saturated rings. The highest BCUT2D eigenvalue weighted by atomic mass is 32.1. The van der Waals surface area contributed by atoms with Crippen LogP contribution in [-0.4, -0.2) is 28.0 Å². The number of rotatable bonds is 5. The first-order valence-corrected chi connectivity index (χ1v) is 6.63. The Kier molecular flexibility index (Phi) is 4.84. The topological polar surface area (TPSA) is 79.3 Å². The molecule has 1 heterocycles. The molecule has 2 N–H and O–H groups in total. The van der Waals surface area contributed by atoms with Crippen LogP contribution in [0.2, 0.25) is 0 Å². The van der Waals surface area contributed by atoms with Crippen molar-refractivity contribution in [2.45, 2.75) is 40.2 Å². The molecule has 0 aliphatic carbocycles. The van der Waals surface area contributed by atoms with Crippen LogP contribution in [0, 0.1) is 12.8 Å². The van der Waals surface area contributed by atoms with Gasteiger partial charge in [-0.2, -0.15) is 0 Å². The normalized spacial score (nSPS) is 12.5. The van der Waals surface area contributed by atoms with Gasteiger partial charge in [-0.1, -0.05) is 13.8 Å². The van der Waals surface area contributed by atoms with E-state index in [0.29, 0.717) is 17.2 Å². The van der Waals surface area contributed by atoms with Crippen LogP contribution >= 0.6 is 11.3 Å². The fraction of sp³-hybridized carbons (Fsp3) is 0.583. The molecule has 0 saturated carbocycles. The van der Waals surface area contributed by atoms with Gasteiger partial charge in [0.15, 0.2) is 0 Å². The number of carboxylic acid groups (broad SMARTS) is 1. The summed E-state index contributed by atoms with van der Waals surface area (Å²) < 4.78 is 0. The lowest BCUT2D eigenvalue weighted by molar-refractivity contribution is -0.138. The number of aryl methyl sites for hydroxylation is 1. The van der Waals surface area contributed by atoms with Gasteiger partial charge in [0.05, 0.1) is 10.7 Å². The Labute approximate surface area is 110 Å². The zero-order valence-electron chi connectivity index (χ0n) is 11.0. The van der Waals surface area contributed by atoms with Gasteiger partial charge in [0.2, 0.25) is 0 Å². The smallest absolute Gasteiger partial charge is 0.325 e. The van der Waals surface area contributed by atoms with E-state index in [1.807, 2.05) is 6.92 Å². The van der Waals surface area contributed by atoms with Crippen molar-refractivity contribution in [2.24, 2.45) is 5.92 Å². The third-order valence-corrected chi connectivity index (χ3v) is 3.34. The second-order valence-corrected chi connectivity index (χ2v) is 5.84. The van der Waals surface area contributed by atoms with E-state index in [4.69, 9.17) is 5.11 Å². The quantitative estimate of drug-likeness (QED) is 0.855. The summed E-state index contributed by atoms with van der Waals surface area (Å²) in [6.45, 7) is 7.38. The minimum Gasteiger partial charge on any atom is -0.480 e. The SMILES string of the molecule is Cc1nc(CC(C)C)c(C(=O)N[C@@H](C)C(=O)O)s1. The zero-order valence-corrected chi connectivity index (χ0v) is 11.8. The fourth-order valence-electron chi connectivity index (χ4n) is 1.50. The molecule has 0 radical (unpaired) electrons. The molecule has 6 heteroatoms. The fourth-order valence-corrected chi connectivity index (χ4v) is 2.35. The highest BCUT2D eigenvalue weighted by molar-refractivity contribution is 7.13. The van der Waals surface area contributed by atoms with E-state index in [-0.39, 0.29) is 5.91 Å². The summed E-state index contributed by atoms with van der Waals surface area (Å²) in [7, 11) is 0. The van der Waals surface area contributed by atoms with Crippen LogP contribution < -0.4 is 5.32 Å². The number of amides is 1. The minimum absolute atomic E-state index is 0.355. The Bertz CT molecular complexity index is 454. The van der Waals surface area contributed by atoms with Crippen molar-refractivity contribution < 1.29 is 14.7 Å². The van der Waals surface area contributed by atoms with E-state index in [1.54, 1.807) is 0 Å². The first kappa shape index (κ1) is 14.6. The summed E-state index contributed by atoms with van der Waals surface area (Å²) in [5, 5.41) is 12.0. The highest BCUT2D eigenvalue weighted by Gasteiger charge is 2.21. The third-order valence-electron chi connectivity index (χ3n) is 2.33. The molecule has 0 saturated heterocycles. The van der Waals surface area contributed by atoms with Crippen LogP contribution in [-0.2, 0) is 11.2 Å². The number of nitrogens with one attached hydrogen (secondary N) is 1. The van der Waals surface area contributed by atoms with Gasteiger partial charge in [0, 0.05) is 0 Å². The second kappa shape index (κ2) is 5.95. The first-order valence-electron chi connectivity index (χ1n) is 5.81. The van der Waals surface area contributed by atoms with Gasteiger partial charge in [-0.05, 0) is 26.2 Å². The molecule has 0 spiro atoms. The molecule has 0 bridgehead atoms. The summed E-state index contributed by atoms with van der Waals surface area (Å²) in [5.41, 5.74) is 0.752. The van der Waals surface area contributed by atoms with Crippen molar-refractivity contribution in [3.05, 3.63) is 15.6 Å². The maximum atomic E-state index is 12.0. The predicted molar refractivity (Wildman–Crippen MR) is 70.0 cm³/mol. The van der Waals surface area contributed by atoms with Crippen molar-refractivity contribution in [3.63, 3.8) is 0 Å². The van der Waals surface area contributed by atoms with Crippen LogP contribution in [0.4, 0.5) is 0 Å². The van der Waals surface area contributed by atoms with Crippen molar-refractivity contribution >= 4 is 23.2 Å². The molecule has 0 aromatic carbocycles. The monoisotopic (exact) mass is 270 g/mol. The Morgan fingerprint density at radius 1 is 1.39 bits per heavy atom. The molecule has 1 aromatic rings. The van der Waals surface area contributed by atoms with Crippen LogP contribution in [0.25, 0.3) is 0 Å². The molecule has 100 valence electrons. The van der Waals surface area contributed by atoms with Crippen LogP contribution in [0.1, 0.15) is 41.1 Å². The van der Waals surface area contributed by atoms with Gasteiger partial charge < -0.3 is 10.4 Å². The van der Waals surface area contributed by atoms with Crippen LogP contribution in [0.15, 0.2) is 0 Å². The standard InChI is InChI=1S/C12H18N2O3S/c1-6(2)5-9-10(18-8(4)14-9)11(15)13-7(3)12(16)17/h6-7H,5H2,1-4H3,(H,13,15)(H,16,17)/t7-/m0/s1. The van der Waals surface area contributed by atoms with Crippen molar-refractivity contribution in [1.82, 2.24) is 10.3 Å². The molecule has 1 rings (SSSR count).